The van der Waals surface area contributed by atoms with Crippen LogP contribution < -0.4 is 0 Å². The van der Waals surface area contributed by atoms with E-state index in [1.54, 1.807) is 11.3 Å². The van der Waals surface area contributed by atoms with Crippen LogP contribution in [0.1, 0.15) is 72.9 Å². The van der Waals surface area contributed by atoms with E-state index < -0.39 is 0 Å². The Bertz CT molecular complexity index is 1010. The summed E-state index contributed by atoms with van der Waals surface area (Å²) in [4.78, 5) is 9.43. The van der Waals surface area contributed by atoms with Crippen LogP contribution in [0.2, 0.25) is 0 Å². The third-order valence-electron chi connectivity index (χ3n) is 5.71. The number of hydrogen-bond acceptors (Lipinski definition) is 3. The normalized spacial score (nSPS) is 13.5. The predicted octanol–water partition coefficient (Wildman–Crippen LogP) is 8.04. The Labute approximate surface area is 186 Å². The maximum Gasteiger partial charge on any atom is 0.0976 e. The van der Waals surface area contributed by atoms with Gasteiger partial charge in [0.25, 0.3) is 0 Å². The molecule has 2 aromatic carbocycles. The van der Waals surface area contributed by atoms with Crippen molar-refractivity contribution in [1.29, 1.82) is 0 Å². The average Bonchev–Trinajstić information content (AvgIpc) is 3.09. The highest BCUT2D eigenvalue weighted by Crippen LogP contribution is 2.30. The second kappa shape index (κ2) is 10.7. The Morgan fingerprint density at radius 3 is 2.50 bits per heavy atom. The smallest absolute Gasteiger partial charge is 0.0976 e. The molecule has 0 spiro atoms. The largest absolute Gasteiger partial charge is 0.261 e. The van der Waals surface area contributed by atoms with Crippen LogP contribution in [0.5, 0.6) is 0 Å². The lowest BCUT2D eigenvalue weighted by molar-refractivity contribution is 0.711. The topological polar surface area (TPSA) is 25.2 Å². The van der Waals surface area contributed by atoms with Crippen molar-refractivity contribution in [3.8, 4) is 11.3 Å². The van der Waals surface area contributed by atoms with Crippen molar-refractivity contribution in [2.45, 2.75) is 73.1 Å². The fraction of sp³-hybridized carbons (Fsp3) is 0.407. The minimum Gasteiger partial charge on any atom is -0.261 e. The van der Waals surface area contributed by atoms with Crippen LogP contribution in [-0.4, -0.2) is 11.2 Å². The number of aryl methyl sites for hydroxylation is 4. The van der Waals surface area contributed by atoms with Gasteiger partial charge in [0.1, 0.15) is 0 Å². The summed E-state index contributed by atoms with van der Waals surface area (Å²) in [5, 5.41) is 3.39. The number of thiazole rings is 1. The maximum absolute atomic E-state index is 4.97. The van der Waals surface area contributed by atoms with E-state index in [9.17, 15) is 0 Å². The molecule has 1 aliphatic rings. The van der Waals surface area contributed by atoms with Crippen molar-refractivity contribution in [3.05, 3.63) is 68.5 Å². The van der Waals surface area contributed by atoms with Crippen molar-refractivity contribution in [2.75, 3.05) is 0 Å². The second-order valence-electron chi connectivity index (χ2n) is 7.80. The van der Waals surface area contributed by atoms with Crippen molar-refractivity contribution in [2.24, 2.45) is 4.99 Å². The Morgan fingerprint density at radius 2 is 1.73 bits per heavy atom. The first kappa shape index (κ1) is 22.4. The fourth-order valence-corrected chi connectivity index (χ4v) is 4.91. The van der Waals surface area contributed by atoms with E-state index in [0.717, 1.165) is 17.8 Å². The van der Waals surface area contributed by atoms with E-state index in [-0.39, 0.29) is 0 Å². The quantitative estimate of drug-likeness (QED) is 0.311. The number of hydrogen-bond donors (Lipinski definition) is 0. The summed E-state index contributed by atoms with van der Waals surface area (Å²) in [5.74, 6) is 0. The zero-order chi connectivity index (χ0) is 21.5. The molecule has 0 atom stereocenters. The Kier molecular flexibility index (Phi) is 7.98. The fourth-order valence-electron chi connectivity index (χ4n) is 4.09. The molecule has 0 unspecified atom stereocenters. The minimum atomic E-state index is 0.887. The van der Waals surface area contributed by atoms with E-state index >= 15 is 0 Å². The van der Waals surface area contributed by atoms with Crippen LogP contribution in [0.25, 0.3) is 11.3 Å². The number of benzene rings is 2. The van der Waals surface area contributed by atoms with Crippen molar-refractivity contribution >= 4 is 23.2 Å². The molecule has 2 nitrogen and oxygen atoms in total. The van der Waals surface area contributed by atoms with E-state index in [0.29, 0.717) is 0 Å². The van der Waals surface area contributed by atoms with Gasteiger partial charge in [-0.25, -0.2) is 4.98 Å². The van der Waals surface area contributed by atoms with E-state index in [2.05, 4.69) is 54.6 Å². The van der Waals surface area contributed by atoms with Gasteiger partial charge in [-0.15, -0.1) is 11.3 Å². The van der Waals surface area contributed by atoms with E-state index in [1.807, 2.05) is 27.0 Å². The Hall–Kier alpha value is -2.26. The number of rotatable bonds is 4. The standard InChI is InChI=1S/C25H28N2S.C2H6/c1-4-26-23-13-17(2)22(12-18(23)3)15-25-27-24(16-28-25)21-11-10-19-8-6-5-7-9-20(19)14-21;1-2/h4,10-14,16H,5-9,15H2,1-3H3;1-2H3. The van der Waals surface area contributed by atoms with Crippen molar-refractivity contribution in [3.63, 3.8) is 0 Å². The highest BCUT2D eigenvalue weighted by atomic mass is 32.1. The highest BCUT2D eigenvalue weighted by molar-refractivity contribution is 7.10. The summed E-state index contributed by atoms with van der Waals surface area (Å²) in [6.07, 6.45) is 9.18. The Morgan fingerprint density at radius 1 is 0.967 bits per heavy atom. The predicted molar refractivity (Wildman–Crippen MR) is 133 cm³/mol. The monoisotopic (exact) mass is 418 g/mol. The summed E-state index contributed by atoms with van der Waals surface area (Å²) in [6.45, 7) is 10.3. The minimum absolute atomic E-state index is 0.887. The molecule has 1 aromatic heterocycles. The summed E-state index contributed by atoms with van der Waals surface area (Å²) in [6, 6.07) is 11.4. The number of nitrogens with zero attached hydrogens (tertiary/aromatic N) is 2. The molecule has 0 N–H and O–H groups in total. The first-order chi connectivity index (χ1) is 14.6. The van der Waals surface area contributed by atoms with Gasteiger partial charge in [-0.3, -0.25) is 4.99 Å². The molecule has 0 saturated carbocycles. The molecule has 1 aliphatic carbocycles. The molecule has 0 radical (unpaired) electrons. The summed E-state index contributed by atoms with van der Waals surface area (Å²) in [5.41, 5.74) is 10.4. The first-order valence-electron chi connectivity index (χ1n) is 11.3. The van der Waals surface area contributed by atoms with Crippen molar-refractivity contribution in [1.82, 2.24) is 4.98 Å². The first-order valence-corrected chi connectivity index (χ1v) is 12.2. The molecule has 0 fully saturated rings. The molecule has 158 valence electrons. The van der Waals surface area contributed by atoms with Gasteiger partial charge in [0.05, 0.1) is 16.4 Å². The molecule has 0 bridgehead atoms. The summed E-state index contributed by atoms with van der Waals surface area (Å²) < 4.78 is 0. The van der Waals surface area contributed by atoms with Gasteiger partial charge in [0.2, 0.25) is 0 Å². The third kappa shape index (κ3) is 5.26. The Balaban J connectivity index is 0.00000124. The summed E-state index contributed by atoms with van der Waals surface area (Å²) >= 11 is 1.77. The maximum atomic E-state index is 4.97. The van der Waals surface area contributed by atoms with Gasteiger partial charge in [-0.05, 0) is 86.4 Å². The highest BCUT2D eigenvalue weighted by Gasteiger charge is 2.12. The van der Waals surface area contributed by atoms with Gasteiger partial charge in [-0.1, -0.05) is 38.5 Å². The zero-order valence-corrected chi connectivity index (χ0v) is 19.9. The molecule has 0 aliphatic heterocycles. The van der Waals surface area contributed by atoms with Crippen LogP contribution in [0, 0.1) is 13.8 Å². The molecule has 1 heterocycles. The van der Waals surface area contributed by atoms with E-state index in [1.165, 1.54) is 70.5 Å². The molecule has 4 rings (SSSR count). The second-order valence-corrected chi connectivity index (χ2v) is 8.74. The lowest BCUT2D eigenvalue weighted by Gasteiger charge is -2.09. The van der Waals surface area contributed by atoms with Crippen LogP contribution in [0.4, 0.5) is 5.69 Å². The van der Waals surface area contributed by atoms with Gasteiger partial charge in [-0.2, -0.15) is 0 Å². The van der Waals surface area contributed by atoms with E-state index in [4.69, 9.17) is 4.98 Å². The zero-order valence-electron chi connectivity index (χ0n) is 19.1. The SMILES string of the molecule is CC.CC=Nc1cc(C)c(Cc2nc(-c3ccc4c(c3)CCCCC4)cs2)cc1C. The van der Waals surface area contributed by atoms with Crippen LogP contribution in [0.15, 0.2) is 40.7 Å². The molecule has 3 aromatic rings. The summed E-state index contributed by atoms with van der Waals surface area (Å²) in [7, 11) is 0. The van der Waals surface area contributed by atoms with Gasteiger partial charge in [0.15, 0.2) is 0 Å². The molecular formula is C27H34N2S. The van der Waals surface area contributed by atoms with Gasteiger partial charge < -0.3 is 0 Å². The molecule has 0 amide bonds. The number of fused-ring (bicyclic) bond motifs is 1. The van der Waals surface area contributed by atoms with Gasteiger partial charge >= 0.3 is 0 Å². The van der Waals surface area contributed by atoms with Crippen LogP contribution >= 0.6 is 11.3 Å². The molecule has 30 heavy (non-hydrogen) atoms. The molecule has 0 saturated heterocycles. The lowest BCUT2D eigenvalue weighted by atomic mass is 9.99. The van der Waals surface area contributed by atoms with Crippen molar-refractivity contribution < 1.29 is 0 Å². The lowest BCUT2D eigenvalue weighted by Crippen LogP contribution is -1.94. The number of aliphatic imine (C=N–C) groups is 1. The average molecular weight is 419 g/mol. The van der Waals surface area contributed by atoms with Gasteiger partial charge in [0, 0.05) is 23.6 Å². The van der Waals surface area contributed by atoms with Crippen LogP contribution in [0.3, 0.4) is 0 Å². The van der Waals surface area contributed by atoms with Crippen LogP contribution in [-0.2, 0) is 19.3 Å². The third-order valence-corrected chi connectivity index (χ3v) is 6.56. The number of aromatic nitrogens is 1. The molecular weight excluding hydrogens is 384 g/mol. The molecule has 3 heteroatoms.